The van der Waals surface area contributed by atoms with Crippen LogP contribution in [0.5, 0.6) is 0 Å². The second kappa shape index (κ2) is 7.26. The first-order valence-electron chi connectivity index (χ1n) is 9.67. The molecule has 0 aromatic heterocycles. The molecule has 4 aliphatic rings. The monoisotopic (exact) mass is 412 g/mol. The molecule has 0 saturated carbocycles. The molecule has 3 aliphatic heterocycles. The van der Waals surface area contributed by atoms with Crippen molar-refractivity contribution >= 4 is 34.6 Å². The fourth-order valence-electron chi connectivity index (χ4n) is 4.31. The Kier molecular flexibility index (Phi) is 4.61. The Balaban J connectivity index is 1.33. The summed E-state index contributed by atoms with van der Waals surface area (Å²) in [5.74, 6) is 0. The van der Waals surface area contributed by atoms with Crippen LogP contribution in [0.2, 0.25) is 5.02 Å². The maximum absolute atomic E-state index is 6.18. The molecule has 0 atom stereocenters. The van der Waals surface area contributed by atoms with Crippen molar-refractivity contribution in [2.45, 2.75) is 6.42 Å². The average molecular weight is 413 g/mol. The van der Waals surface area contributed by atoms with E-state index in [1.807, 2.05) is 24.4 Å². The first-order valence-corrected chi connectivity index (χ1v) is 10.4. The Hall–Kier alpha value is -2.30. The van der Waals surface area contributed by atoms with Crippen molar-refractivity contribution in [3.63, 3.8) is 0 Å². The highest BCUT2D eigenvalue weighted by Gasteiger charge is 2.26. The maximum atomic E-state index is 6.18. The van der Waals surface area contributed by atoms with Gasteiger partial charge >= 0.3 is 0 Å². The van der Waals surface area contributed by atoms with Crippen LogP contribution in [-0.2, 0) is 0 Å². The molecule has 1 aromatic rings. The van der Waals surface area contributed by atoms with Gasteiger partial charge in [-0.15, -0.1) is 0 Å². The van der Waals surface area contributed by atoms with Gasteiger partial charge in [0, 0.05) is 82.9 Å². The van der Waals surface area contributed by atoms with E-state index in [2.05, 4.69) is 44.7 Å². The summed E-state index contributed by atoms with van der Waals surface area (Å²) in [6, 6.07) is 6.11. The summed E-state index contributed by atoms with van der Waals surface area (Å²) in [7, 11) is 0. The Labute approximate surface area is 175 Å². The van der Waals surface area contributed by atoms with Gasteiger partial charge in [0.05, 0.1) is 0 Å². The molecule has 5 rings (SSSR count). The molecular weight excluding hydrogens is 391 g/mol. The van der Waals surface area contributed by atoms with Crippen LogP contribution in [0, 0.1) is 0 Å². The van der Waals surface area contributed by atoms with E-state index in [4.69, 9.17) is 23.2 Å². The highest BCUT2D eigenvalue weighted by molar-refractivity contribution is 6.31. The van der Waals surface area contributed by atoms with Crippen LogP contribution in [0.1, 0.15) is 12.0 Å². The molecular formula is C22H22Cl2N4. The molecule has 0 unspecified atom stereocenters. The minimum atomic E-state index is 0.772. The number of anilines is 1. The fourth-order valence-corrected chi connectivity index (χ4v) is 4.67. The van der Waals surface area contributed by atoms with Gasteiger partial charge in [-0.05, 0) is 42.8 Å². The van der Waals surface area contributed by atoms with E-state index in [0.717, 1.165) is 60.6 Å². The van der Waals surface area contributed by atoms with Gasteiger partial charge in [-0.3, -0.25) is 0 Å². The quantitative estimate of drug-likeness (QED) is 0.747. The van der Waals surface area contributed by atoms with Crippen LogP contribution in [0.4, 0.5) is 5.69 Å². The summed E-state index contributed by atoms with van der Waals surface area (Å²) in [5.41, 5.74) is 7.46. The Morgan fingerprint density at radius 2 is 1.79 bits per heavy atom. The molecule has 2 N–H and O–H groups in total. The lowest BCUT2D eigenvalue weighted by Gasteiger charge is -2.41. The van der Waals surface area contributed by atoms with Crippen molar-refractivity contribution in [2.24, 2.45) is 0 Å². The number of nitrogens with zero attached hydrogens (tertiary/aromatic N) is 2. The Morgan fingerprint density at radius 1 is 0.964 bits per heavy atom. The summed E-state index contributed by atoms with van der Waals surface area (Å²) in [5, 5.41) is 8.33. The van der Waals surface area contributed by atoms with Crippen LogP contribution in [-0.4, -0.2) is 42.5 Å². The van der Waals surface area contributed by atoms with Gasteiger partial charge < -0.3 is 20.4 Å². The third-order valence-electron chi connectivity index (χ3n) is 5.70. The van der Waals surface area contributed by atoms with Gasteiger partial charge in [0.1, 0.15) is 0 Å². The molecule has 28 heavy (non-hydrogen) atoms. The SMILES string of the molecule is ClC1=CCC2=C(N3CCN(C4=CCNc5cc(Cl)ccc54)CC3)C=CNC2=C1. The van der Waals surface area contributed by atoms with Gasteiger partial charge in [0.15, 0.2) is 0 Å². The molecule has 1 aromatic carbocycles. The van der Waals surface area contributed by atoms with Crippen molar-refractivity contribution < 1.29 is 0 Å². The predicted octanol–water partition coefficient (Wildman–Crippen LogP) is 4.51. The number of hydrogen-bond donors (Lipinski definition) is 2. The lowest BCUT2D eigenvalue weighted by Crippen LogP contribution is -2.45. The minimum absolute atomic E-state index is 0.772. The summed E-state index contributed by atoms with van der Waals surface area (Å²) in [6.07, 6.45) is 11.5. The number of dihydropyridines is 1. The largest absolute Gasteiger partial charge is 0.381 e. The average Bonchev–Trinajstić information content (AvgIpc) is 2.72. The highest BCUT2D eigenvalue weighted by atomic mass is 35.5. The summed E-state index contributed by atoms with van der Waals surface area (Å²) in [4.78, 5) is 4.99. The van der Waals surface area contributed by atoms with Gasteiger partial charge in [-0.1, -0.05) is 29.3 Å². The molecule has 1 saturated heterocycles. The first-order chi connectivity index (χ1) is 13.7. The van der Waals surface area contributed by atoms with Crippen molar-refractivity contribution in [3.05, 3.63) is 81.3 Å². The van der Waals surface area contributed by atoms with E-state index < -0.39 is 0 Å². The van der Waals surface area contributed by atoms with Crippen LogP contribution < -0.4 is 10.6 Å². The molecule has 3 heterocycles. The van der Waals surface area contributed by atoms with E-state index in [0.29, 0.717) is 0 Å². The van der Waals surface area contributed by atoms with Crippen LogP contribution in [0.25, 0.3) is 5.70 Å². The smallest absolute Gasteiger partial charge is 0.0452 e. The third-order valence-corrected chi connectivity index (χ3v) is 6.20. The number of nitrogens with one attached hydrogen (secondary N) is 2. The van der Waals surface area contributed by atoms with E-state index in [9.17, 15) is 0 Å². The zero-order valence-corrected chi connectivity index (χ0v) is 17.0. The normalized spacial score (nSPS) is 21.1. The molecule has 0 radical (unpaired) electrons. The summed E-state index contributed by atoms with van der Waals surface area (Å²) >= 11 is 12.4. The summed E-state index contributed by atoms with van der Waals surface area (Å²) in [6.45, 7) is 4.85. The number of allylic oxidation sites excluding steroid dienone is 5. The van der Waals surface area contributed by atoms with Crippen molar-refractivity contribution in [1.29, 1.82) is 0 Å². The lowest BCUT2D eigenvalue weighted by molar-refractivity contribution is 0.216. The zero-order chi connectivity index (χ0) is 19.1. The number of fused-ring (bicyclic) bond motifs is 2. The van der Waals surface area contributed by atoms with Crippen molar-refractivity contribution in [3.8, 4) is 0 Å². The second-order valence-corrected chi connectivity index (χ2v) is 8.20. The van der Waals surface area contributed by atoms with Crippen LogP contribution in [0.3, 0.4) is 0 Å². The van der Waals surface area contributed by atoms with E-state index in [1.165, 1.54) is 22.5 Å². The zero-order valence-electron chi connectivity index (χ0n) is 15.5. The van der Waals surface area contributed by atoms with Gasteiger partial charge in [-0.2, -0.15) is 0 Å². The highest BCUT2D eigenvalue weighted by Crippen LogP contribution is 2.34. The molecule has 0 amide bonds. The lowest BCUT2D eigenvalue weighted by atomic mass is 9.98. The minimum Gasteiger partial charge on any atom is -0.381 e. The molecule has 1 fully saturated rings. The Bertz CT molecular complexity index is 963. The fraction of sp³-hybridized carbons (Fsp3) is 0.273. The van der Waals surface area contributed by atoms with Gasteiger partial charge in [-0.25, -0.2) is 0 Å². The van der Waals surface area contributed by atoms with E-state index in [1.54, 1.807) is 0 Å². The molecule has 1 aliphatic carbocycles. The number of rotatable bonds is 2. The molecule has 6 heteroatoms. The van der Waals surface area contributed by atoms with Gasteiger partial charge in [0.2, 0.25) is 0 Å². The predicted molar refractivity (Wildman–Crippen MR) is 117 cm³/mol. The topological polar surface area (TPSA) is 30.5 Å². The molecule has 0 bridgehead atoms. The number of piperazine rings is 1. The van der Waals surface area contributed by atoms with Crippen molar-refractivity contribution in [1.82, 2.24) is 15.1 Å². The molecule has 144 valence electrons. The standard InChI is InChI=1S/C22H22Cl2N4/c23-15-1-3-17-19(13-15)25-7-5-21(17)27-9-11-28(12-10-27)22-6-8-26-20-14-16(24)2-4-18(20)22/h1-3,5-6,8,13-14,25-26H,4,7,9-12H2. The number of halogens is 2. The number of benzene rings is 1. The van der Waals surface area contributed by atoms with E-state index in [-0.39, 0.29) is 0 Å². The van der Waals surface area contributed by atoms with Gasteiger partial charge in [0.25, 0.3) is 0 Å². The van der Waals surface area contributed by atoms with Crippen molar-refractivity contribution in [2.75, 3.05) is 38.0 Å². The van der Waals surface area contributed by atoms with Crippen LogP contribution in [0.15, 0.2) is 70.7 Å². The maximum Gasteiger partial charge on any atom is 0.0452 e. The third kappa shape index (κ3) is 3.21. The van der Waals surface area contributed by atoms with Crippen LogP contribution >= 0.6 is 23.2 Å². The molecule has 0 spiro atoms. The number of hydrogen-bond acceptors (Lipinski definition) is 4. The second-order valence-electron chi connectivity index (χ2n) is 7.33. The summed E-state index contributed by atoms with van der Waals surface area (Å²) < 4.78 is 0. The molecule has 4 nitrogen and oxygen atoms in total. The van der Waals surface area contributed by atoms with E-state index >= 15 is 0 Å². The Morgan fingerprint density at radius 3 is 2.64 bits per heavy atom. The first kappa shape index (κ1) is 17.8.